The van der Waals surface area contributed by atoms with Gasteiger partial charge in [0.25, 0.3) is 0 Å². The largest absolute Gasteiger partial charge is 0.382 e. The Morgan fingerprint density at radius 1 is 1.33 bits per heavy atom. The lowest BCUT2D eigenvalue weighted by molar-refractivity contribution is -0.137. The minimum absolute atomic E-state index is 0.0973. The SMILES string of the molecule is CCCNC1CCN(C(=O)COCCOC)CC1. The van der Waals surface area contributed by atoms with Gasteiger partial charge < -0.3 is 19.7 Å². The van der Waals surface area contributed by atoms with Crippen molar-refractivity contribution in [2.24, 2.45) is 0 Å². The summed E-state index contributed by atoms with van der Waals surface area (Å²) in [6, 6.07) is 0.573. The van der Waals surface area contributed by atoms with Crippen molar-refractivity contribution < 1.29 is 14.3 Å². The van der Waals surface area contributed by atoms with Crippen LogP contribution in [0.2, 0.25) is 0 Å². The van der Waals surface area contributed by atoms with Crippen LogP contribution < -0.4 is 5.32 Å². The van der Waals surface area contributed by atoms with Crippen molar-refractivity contribution in [3.8, 4) is 0 Å². The molecule has 106 valence electrons. The number of carbonyl (C=O) groups excluding carboxylic acids is 1. The van der Waals surface area contributed by atoms with E-state index in [2.05, 4.69) is 12.2 Å². The van der Waals surface area contributed by atoms with E-state index >= 15 is 0 Å². The van der Waals surface area contributed by atoms with Crippen LogP contribution in [-0.2, 0) is 14.3 Å². The van der Waals surface area contributed by atoms with E-state index in [1.54, 1.807) is 7.11 Å². The summed E-state index contributed by atoms with van der Waals surface area (Å²) in [5, 5.41) is 3.50. The van der Waals surface area contributed by atoms with E-state index < -0.39 is 0 Å². The molecule has 5 nitrogen and oxygen atoms in total. The average Bonchev–Trinajstić information content (AvgIpc) is 2.41. The van der Waals surface area contributed by atoms with Crippen LogP contribution in [0, 0.1) is 0 Å². The lowest BCUT2D eigenvalue weighted by Gasteiger charge is -2.32. The van der Waals surface area contributed by atoms with Gasteiger partial charge in [-0.05, 0) is 25.8 Å². The number of nitrogens with one attached hydrogen (secondary N) is 1. The number of amides is 1. The van der Waals surface area contributed by atoms with Crippen molar-refractivity contribution in [1.82, 2.24) is 10.2 Å². The molecule has 1 rings (SSSR count). The third kappa shape index (κ3) is 5.80. The number of hydrogen-bond acceptors (Lipinski definition) is 4. The van der Waals surface area contributed by atoms with Crippen LogP contribution >= 0.6 is 0 Å². The third-order valence-electron chi connectivity index (χ3n) is 3.19. The molecule has 1 N–H and O–H groups in total. The molecule has 0 unspecified atom stereocenters. The number of hydrogen-bond donors (Lipinski definition) is 1. The third-order valence-corrected chi connectivity index (χ3v) is 3.19. The highest BCUT2D eigenvalue weighted by Gasteiger charge is 2.21. The fourth-order valence-corrected chi connectivity index (χ4v) is 2.07. The van der Waals surface area contributed by atoms with Crippen molar-refractivity contribution in [2.45, 2.75) is 32.2 Å². The summed E-state index contributed by atoms with van der Waals surface area (Å²) in [7, 11) is 1.62. The van der Waals surface area contributed by atoms with Gasteiger partial charge in [0, 0.05) is 26.2 Å². The van der Waals surface area contributed by atoms with Gasteiger partial charge in [0.2, 0.25) is 5.91 Å². The summed E-state index contributed by atoms with van der Waals surface area (Å²) < 4.78 is 10.1. The molecule has 18 heavy (non-hydrogen) atoms. The minimum Gasteiger partial charge on any atom is -0.382 e. The molecule has 1 heterocycles. The maximum absolute atomic E-state index is 11.8. The van der Waals surface area contributed by atoms with Crippen LogP contribution in [0.25, 0.3) is 0 Å². The normalized spacial score (nSPS) is 17.1. The smallest absolute Gasteiger partial charge is 0.248 e. The Balaban J connectivity index is 2.11. The number of methoxy groups -OCH3 is 1. The van der Waals surface area contributed by atoms with E-state index in [1.165, 1.54) is 0 Å². The van der Waals surface area contributed by atoms with Gasteiger partial charge in [0.15, 0.2) is 0 Å². The van der Waals surface area contributed by atoms with E-state index in [1.807, 2.05) is 4.90 Å². The topological polar surface area (TPSA) is 50.8 Å². The fraction of sp³-hybridized carbons (Fsp3) is 0.923. The van der Waals surface area contributed by atoms with Crippen molar-refractivity contribution in [3.63, 3.8) is 0 Å². The predicted molar refractivity (Wildman–Crippen MR) is 70.6 cm³/mol. The van der Waals surface area contributed by atoms with E-state index in [0.717, 1.165) is 38.9 Å². The zero-order chi connectivity index (χ0) is 13.2. The molecule has 0 saturated carbocycles. The van der Waals surface area contributed by atoms with Gasteiger partial charge in [-0.3, -0.25) is 4.79 Å². The Hall–Kier alpha value is -0.650. The Kier molecular flexibility index (Phi) is 7.96. The molecule has 5 heteroatoms. The molecule has 0 spiro atoms. The molecule has 0 aliphatic carbocycles. The molecule has 1 saturated heterocycles. The van der Waals surface area contributed by atoms with Gasteiger partial charge in [-0.15, -0.1) is 0 Å². The van der Waals surface area contributed by atoms with Crippen LogP contribution in [-0.4, -0.2) is 63.4 Å². The molecule has 0 aromatic heterocycles. The molecule has 1 amide bonds. The number of nitrogens with zero attached hydrogens (tertiary/aromatic N) is 1. The van der Waals surface area contributed by atoms with Gasteiger partial charge in [0.05, 0.1) is 13.2 Å². The summed E-state index contributed by atoms with van der Waals surface area (Å²) >= 11 is 0. The van der Waals surface area contributed by atoms with E-state index in [0.29, 0.717) is 19.3 Å². The number of piperidine rings is 1. The summed E-state index contributed by atoms with van der Waals surface area (Å²) in [5.74, 6) is 0.0973. The van der Waals surface area contributed by atoms with Gasteiger partial charge in [-0.25, -0.2) is 0 Å². The lowest BCUT2D eigenvalue weighted by atomic mass is 10.0. The first-order valence-electron chi connectivity index (χ1n) is 6.85. The van der Waals surface area contributed by atoms with Crippen molar-refractivity contribution >= 4 is 5.91 Å². The maximum atomic E-state index is 11.8. The van der Waals surface area contributed by atoms with Gasteiger partial charge in [0.1, 0.15) is 6.61 Å². The van der Waals surface area contributed by atoms with E-state index in [4.69, 9.17) is 9.47 Å². The molecule has 1 aliphatic heterocycles. The van der Waals surface area contributed by atoms with Crippen LogP contribution in [0.4, 0.5) is 0 Å². The predicted octanol–water partition coefficient (Wildman–Crippen LogP) is 0.640. The molecule has 0 bridgehead atoms. The highest BCUT2D eigenvalue weighted by atomic mass is 16.5. The molecule has 0 aromatic carbocycles. The van der Waals surface area contributed by atoms with Crippen LogP contribution in [0.3, 0.4) is 0 Å². The quantitative estimate of drug-likeness (QED) is 0.649. The Morgan fingerprint density at radius 3 is 2.67 bits per heavy atom. The number of carbonyl (C=O) groups is 1. The fourth-order valence-electron chi connectivity index (χ4n) is 2.07. The van der Waals surface area contributed by atoms with E-state index in [9.17, 15) is 4.79 Å². The second kappa shape index (κ2) is 9.30. The highest BCUT2D eigenvalue weighted by Crippen LogP contribution is 2.10. The van der Waals surface area contributed by atoms with Gasteiger partial charge in [-0.1, -0.05) is 6.92 Å². The van der Waals surface area contributed by atoms with Gasteiger partial charge >= 0.3 is 0 Å². The first-order valence-corrected chi connectivity index (χ1v) is 6.85. The molecule has 1 fully saturated rings. The lowest BCUT2D eigenvalue weighted by Crippen LogP contribution is -2.46. The maximum Gasteiger partial charge on any atom is 0.248 e. The number of rotatable bonds is 8. The van der Waals surface area contributed by atoms with E-state index in [-0.39, 0.29) is 12.5 Å². The Morgan fingerprint density at radius 2 is 2.06 bits per heavy atom. The Labute approximate surface area is 110 Å². The molecule has 0 radical (unpaired) electrons. The zero-order valence-corrected chi connectivity index (χ0v) is 11.6. The molecule has 1 aliphatic rings. The van der Waals surface area contributed by atoms with Crippen LogP contribution in [0.15, 0.2) is 0 Å². The van der Waals surface area contributed by atoms with Crippen molar-refractivity contribution in [3.05, 3.63) is 0 Å². The first-order chi connectivity index (χ1) is 8.77. The number of likely N-dealkylation sites (tertiary alicyclic amines) is 1. The van der Waals surface area contributed by atoms with Crippen molar-refractivity contribution in [2.75, 3.05) is 46.6 Å². The monoisotopic (exact) mass is 258 g/mol. The van der Waals surface area contributed by atoms with Crippen molar-refractivity contribution in [1.29, 1.82) is 0 Å². The standard InChI is InChI=1S/C13H26N2O3/c1-3-6-14-12-4-7-15(8-5-12)13(16)11-18-10-9-17-2/h12,14H,3-11H2,1-2H3. The highest BCUT2D eigenvalue weighted by molar-refractivity contribution is 5.77. The summed E-state index contributed by atoms with van der Waals surface area (Å²) in [4.78, 5) is 13.7. The zero-order valence-electron chi connectivity index (χ0n) is 11.6. The molecular formula is C13H26N2O3. The average molecular weight is 258 g/mol. The second-order valence-corrected chi connectivity index (χ2v) is 4.65. The van der Waals surface area contributed by atoms with Crippen LogP contribution in [0.5, 0.6) is 0 Å². The molecule has 0 aromatic rings. The minimum atomic E-state index is 0.0973. The second-order valence-electron chi connectivity index (χ2n) is 4.65. The summed E-state index contributed by atoms with van der Waals surface area (Å²) in [6.07, 6.45) is 3.25. The number of ether oxygens (including phenoxy) is 2. The summed E-state index contributed by atoms with van der Waals surface area (Å²) in [5.41, 5.74) is 0. The van der Waals surface area contributed by atoms with Gasteiger partial charge in [-0.2, -0.15) is 0 Å². The first kappa shape index (κ1) is 15.4. The Bertz CT molecular complexity index is 228. The molecule has 0 atom stereocenters. The van der Waals surface area contributed by atoms with Crippen LogP contribution in [0.1, 0.15) is 26.2 Å². The summed E-state index contributed by atoms with van der Waals surface area (Å²) in [6.45, 7) is 6.12. The molecular weight excluding hydrogens is 232 g/mol.